The molecule has 2 rings (SSSR count). The van der Waals surface area contributed by atoms with Gasteiger partial charge < -0.3 is 15.8 Å². The first-order valence-corrected chi connectivity index (χ1v) is 6.58. The van der Waals surface area contributed by atoms with Gasteiger partial charge in [0.05, 0.1) is 12.6 Å². The Morgan fingerprint density at radius 2 is 2.11 bits per heavy atom. The number of esters is 1. The summed E-state index contributed by atoms with van der Waals surface area (Å²) in [6.45, 7) is 5.97. The zero-order valence-electron chi connectivity index (χ0n) is 12.0. The minimum absolute atomic E-state index is 0.285. The highest BCUT2D eigenvalue weighted by atomic mass is 16.5. The smallest absolute Gasteiger partial charge is 0.345 e. The molecule has 106 valence electrons. The lowest BCUT2D eigenvalue weighted by Crippen LogP contribution is -2.28. The van der Waals surface area contributed by atoms with Crippen LogP contribution in [0.15, 0.2) is 0 Å². The van der Waals surface area contributed by atoms with Crippen molar-refractivity contribution >= 4 is 17.6 Å². The van der Waals surface area contributed by atoms with Crippen molar-refractivity contribution in [1.29, 1.82) is 0 Å². The zero-order valence-corrected chi connectivity index (χ0v) is 12.0. The number of rotatable bonds is 3. The molecular weight excluding hydrogens is 244 g/mol. The summed E-state index contributed by atoms with van der Waals surface area (Å²) < 4.78 is 6.47. The van der Waals surface area contributed by atoms with Crippen LogP contribution < -0.4 is 11.1 Å². The Morgan fingerprint density at radius 1 is 1.47 bits per heavy atom. The van der Waals surface area contributed by atoms with Crippen molar-refractivity contribution in [1.82, 2.24) is 9.78 Å². The number of anilines is 2. The molecule has 0 atom stereocenters. The summed E-state index contributed by atoms with van der Waals surface area (Å²) >= 11 is 0. The molecule has 1 aliphatic carbocycles. The number of carbonyl (C=O) groups is 1. The Labute approximate surface area is 113 Å². The number of nitrogens with zero attached hydrogens (tertiary/aromatic N) is 2. The number of carbonyl (C=O) groups excluding carboxylic acids is 1. The number of methoxy groups -OCH3 is 1. The number of aromatic nitrogens is 2. The van der Waals surface area contributed by atoms with Gasteiger partial charge in [0.25, 0.3) is 0 Å². The lowest BCUT2D eigenvalue weighted by molar-refractivity contribution is 0.0603. The number of ether oxygens (including phenoxy) is 1. The predicted molar refractivity (Wildman–Crippen MR) is 74.2 cm³/mol. The summed E-state index contributed by atoms with van der Waals surface area (Å²) in [5.41, 5.74) is 6.11. The van der Waals surface area contributed by atoms with E-state index in [2.05, 4.69) is 10.4 Å². The lowest BCUT2D eigenvalue weighted by Gasteiger charge is -2.26. The van der Waals surface area contributed by atoms with Crippen molar-refractivity contribution in [3.8, 4) is 0 Å². The van der Waals surface area contributed by atoms with E-state index in [1.165, 1.54) is 13.5 Å². The monoisotopic (exact) mass is 266 g/mol. The molecule has 6 heteroatoms. The van der Waals surface area contributed by atoms with Crippen LogP contribution in [0.2, 0.25) is 0 Å². The van der Waals surface area contributed by atoms with Crippen molar-refractivity contribution < 1.29 is 9.53 Å². The minimum Gasteiger partial charge on any atom is -0.465 e. The molecule has 1 fully saturated rings. The Balaban J connectivity index is 2.41. The van der Waals surface area contributed by atoms with E-state index >= 15 is 0 Å². The Hall–Kier alpha value is -1.72. The van der Waals surface area contributed by atoms with Gasteiger partial charge in [-0.3, -0.25) is 0 Å². The van der Waals surface area contributed by atoms with Crippen molar-refractivity contribution in [3.05, 3.63) is 5.56 Å². The average molecular weight is 266 g/mol. The van der Waals surface area contributed by atoms with Gasteiger partial charge in [0, 0.05) is 6.04 Å². The largest absolute Gasteiger partial charge is 0.465 e. The fraction of sp³-hybridized carbons (Fsp3) is 0.692. The van der Waals surface area contributed by atoms with Crippen LogP contribution in [0.5, 0.6) is 0 Å². The predicted octanol–water partition coefficient (Wildman–Crippen LogP) is 1.97. The van der Waals surface area contributed by atoms with Crippen LogP contribution in [0.25, 0.3) is 0 Å². The number of hydrogen-bond acceptors (Lipinski definition) is 5. The van der Waals surface area contributed by atoms with Gasteiger partial charge in [-0.15, -0.1) is 0 Å². The molecule has 1 aliphatic rings. The van der Waals surface area contributed by atoms with E-state index in [1.54, 1.807) is 4.68 Å². The molecule has 0 bridgehead atoms. The fourth-order valence-corrected chi connectivity index (χ4v) is 2.09. The van der Waals surface area contributed by atoms with Gasteiger partial charge in [-0.25, -0.2) is 9.48 Å². The summed E-state index contributed by atoms with van der Waals surface area (Å²) in [7, 11) is 1.35. The fourth-order valence-electron chi connectivity index (χ4n) is 2.09. The molecular formula is C13H22N4O2. The van der Waals surface area contributed by atoms with Gasteiger partial charge in [-0.2, -0.15) is 5.10 Å². The van der Waals surface area contributed by atoms with Gasteiger partial charge in [-0.1, -0.05) is 0 Å². The van der Waals surface area contributed by atoms with E-state index in [4.69, 9.17) is 10.5 Å². The highest BCUT2D eigenvalue weighted by Crippen LogP contribution is 2.31. The number of nitrogens with one attached hydrogen (secondary N) is 1. The summed E-state index contributed by atoms with van der Waals surface area (Å²) in [6, 6.07) is 0.381. The topological polar surface area (TPSA) is 82.2 Å². The van der Waals surface area contributed by atoms with E-state index in [9.17, 15) is 4.79 Å². The van der Waals surface area contributed by atoms with E-state index < -0.39 is 5.97 Å². The van der Waals surface area contributed by atoms with E-state index in [-0.39, 0.29) is 5.54 Å². The maximum atomic E-state index is 11.9. The van der Waals surface area contributed by atoms with E-state index in [0.717, 1.165) is 12.8 Å². The van der Waals surface area contributed by atoms with Gasteiger partial charge in [-0.05, 0) is 40.0 Å². The van der Waals surface area contributed by atoms with Crippen LogP contribution in [0.3, 0.4) is 0 Å². The molecule has 0 radical (unpaired) electrons. The van der Waals surface area contributed by atoms with E-state index in [1.807, 2.05) is 20.8 Å². The molecule has 0 unspecified atom stereocenters. The van der Waals surface area contributed by atoms with Crippen molar-refractivity contribution in [2.24, 2.45) is 0 Å². The molecule has 0 aromatic carbocycles. The molecule has 0 aliphatic heterocycles. The Bertz CT molecular complexity index is 484. The summed E-state index contributed by atoms with van der Waals surface area (Å²) in [5, 5.41) is 7.73. The molecule has 6 nitrogen and oxygen atoms in total. The molecule has 1 heterocycles. The highest BCUT2D eigenvalue weighted by molar-refractivity contribution is 5.99. The molecule has 19 heavy (non-hydrogen) atoms. The SMILES string of the molecule is COC(=O)c1c(NC2CCC2)nn(C(C)(C)C)c1N. The quantitative estimate of drug-likeness (QED) is 0.817. The van der Waals surface area contributed by atoms with Crippen LogP contribution in [-0.4, -0.2) is 28.9 Å². The normalized spacial score (nSPS) is 16.0. The van der Waals surface area contributed by atoms with E-state index in [0.29, 0.717) is 23.2 Å². The molecule has 0 saturated heterocycles. The van der Waals surface area contributed by atoms with Crippen LogP contribution in [0.4, 0.5) is 11.6 Å². The summed E-state index contributed by atoms with van der Waals surface area (Å²) in [5.74, 6) is 0.431. The standard InChI is InChI=1S/C13H22N4O2/c1-13(2,3)17-10(14)9(12(18)19-4)11(16-17)15-8-6-5-7-8/h8H,5-7,14H2,1-4H3,(H,15,16). The van der Waals surface area contributed by atoms with Gasteiger partial charge in [0.2, 0.25) is 0 Å². The second kappa shape index (κ2) is 4.75. The number of nitrogen functional groups attached to an aromatic ring is 1. The number of nitrogens with two attached hydrogens (primary N) is 1. The average Bonchev–Trinajstić information content (AvgIpc) is 2.59. The van der Waals surface area contributed by atoms with Gasteiger partial charge in [0.15, 0.2) is 5.82 Å². The summed E-state index contributed by atoms with van der Waals surface area (Å²) in [4.78, 5) is 11.9. The van der Waals surface area contributed by atoms with Crippen molar-refractivity contribution in [2.75, 3.05) is 18.2 Å². The van der Waals surface area contributed by atoms with Crippen LogP contribution in [0.1, 0.15) is 50.4 Å². The zero-order chi connectivity index (χ0) is 14.2. The molecule has 1 aromatic heterocycles. The first-order chi connectivity index (χ1) is 8.84. The van der Waals surface area contributed by atoms with Crippen molar-refractivity contribution in [2.45, 2.75) is 51.6 Å². The molecule has 1 aromatic rings. The maximum absolute atomic E-state index is 11.9. The third kappa shape index (κ3) is 2.52. The van der Waals surface area contributed by atoms with Gasteiger partial charge >= 0.3 is 5.97 Å². The third-order valence-corrected chi connectivity index (χ3v) is 3.39. The highest BCUT2D eigenvalue weighted by Gasteiger charge is 2.30. The lowest BCUT2D eigenvalue weighted by atomic mass is 9.93. The Kier molecular flexibility index (Phi) is 3.43. The molecule has 1 saturated carbocycles. The maximum Gasteiger partial charge on any atom is 0.345 e. The number of hydrogen-bond donors (Lipinski definition) is 2. The summed E-state index contributed by atoms with van der Waals surface area (Å²) in [6.07, 6.45) is 3.41. The van der Waals surface area contributed by atoms with Gasteiger partial charge in [0.1, 0.15) is 11.4 Å². The molecule has 3 N–H and O–H groups in total. The van der Waals surface area contributed by atoms with Crippen LogP contribution >= 0.6 is 0 Å². The second-order valence-electron chi connectivity index (χ2n) is 5.96. The van der Waals surface area contributed by atoms with Crippen molar-refractivity contribution in [3.63, 3.8) is 0 Å². The second-order valence-corrected chi connectivity index (χ2v) is 5.96. The van der Waals surface area contributed by atoms with Crippen LogP contribution in [-0.2, 0) is 10.3 Å². The first-order valence-electron chi connectivity index (χ1n) is 6.58. The Morgan fingerprint density at radius 3 is 2.53 bits per heavy atom. The molecule has 0 amide bonds. The first kappa shape index (κ1) is 13.7. The molecule has 0 spiro atoms. The third-order valence-electron chi connectivity index (χ3n) is 3.39. The van der Waals surface area contributed by atoms with Crippen LogP contribution in [0, 0.1) is 0 Å². The minimum atomic E-state index is -0.449.